The number of imidazole rings is 1. The van der Waals surface area contributed by atoms with E-state index >= 15 is 0 Å². The molecule has 0 bridgehead atoms. The van der Waals surface area contributed by atoms with E-state index in [4.69, 9.17) is 5.84 Å². The van der Waals surface area contributed by atoms with E-state index in [1.807, 2.05) is 6.92 Å². The van der Waals surface area contributed by atoms with Crippen LogP contribution in [0.1, 0.15) is 32.0 Å². The second-order valence-corrected chi connectivity index (χ2v) is 3.95. The van der Waals surface area contributed by atoms with Crippen molar-refractivity contribution in [3.8, 4) is 0 Å². The smallest absolute Gasteiger partial charge is 0.210 e. The Morgan fingerprint density at radius 2 is 2.44 bits per heavy atom. The normalized spacial score (nSPS) is 14.7. The summed E-state index contributed by atoms with van der Waals surface area (Å²) in [5, 5.41) is 0. The van der Waals surface area contributed by atoms with E-state index in [1.165, 1.54) is 6.08 Å². The Morgan fingerprint density at radius 1 is 1.72 bits per heavy atom. The van der Waals surface area contributed by atoms with Crippen molar-refractivity contribution in [2.24, 2.45) is 10.8 Å². The average molecular weight is 257 g/mol. The molecule has 100 valence electrons. The third kappa shape index (κ3) is 4.62. The van der Waals surface area contributed by atoms with Crippen molar-refractivity contribution in [2.75, 3.05) is 6.54 Å². The molecule has 0 aliphatic heterocycles. The number of rotatable bonds is 5. The van der Waals surface area contributed by atoms with Crippen molar-refractivity contribution in [1.29, 1.82) is 0 Å². The summed E-state index contributed by atoms with van der Waals surface area (Å²) in [5.74, 6) is 5.11. The fourth-order valence-corrected chi connectivity index (χ4v) is 1.28. The van der Waals surface area contributed by atoms with Crippen LogP contribution >= 0.6 is 0 Å². The Hall–Kier alpha value is -1.76. The maximum absolute atomic E-state index is 13.4. The molecule has 0 saturated carbocycles. The Morgan fingerprint density at radius 3 is 3.00 bits per heavy atom. The number of halogens is 2. The zero-order chi connectivity index (χ0) is 13.5. The molecule has 1 aromatic rings. The average Bonchev–Trinajstić information content (AvgIpc) is 2.79. The predicted octanol–water partition coefficient (Wildman–Crippen LogP) is 1.78. The van der Waals surface area contributed by atoms with Crippen LogP contribution in [0.4, 0.5) is 8.78 Å². The molecule has 0 aliphatic carbocycles. The highest BCUT2D eigenvalue weighted by molar-refractivity contribution is 5.78. The van der Waals surface area contributed by atoms with E-state index in [2.05, 4.69) is 20.4 Å². The molecule has 0 spiro atoms. The minimum absolute atomic E-state index is 0.0602. The first-order valence-electron chi connectivity index (χ1n) is 5.55. The fraction of sp³-hybridized carbons (Fsp3) is 0.455. The number of nitrogens with zero attached hydrogens (tertiary/aromatic N) is 2. The summed E-state index contributed by atoms with van der Waals surface area (Å²) in [5.41, 5.74) is 2.31. The maximum atomic E-state index is 13.4. The van der Waals surface area contributed by atoms with Gasteiger partial charge in [0.15, 0.2) is 0 Å². The van der Waals surface area contributed by atoms with E-state index in [-0.39, 0.29) is 18.3 Å². The lowest BCUT2D eigenvalue weighted by atomic mass is 10.1. The molecule has 0 aromatic carbocycles. The quantitative estimate of drug-likeness (QED) is 0.325. The number of aliphatic imine (C=N–C) groups is 1. The lowest BCUT2D eigenvalue weighted by Crippen LogP contribution is -2.27. The van der Waals surface area contributed by atoms with Crippen LogP contribution in [-0.4, -0.2) is 22.3 Å². The number of allylic oxidation sites excluding steroid dienone is 1. The summed E-state index contributed by atoms with van der Waals surface area (Å²) in [4.78, 5) is 10.2. The molecule has 1 rings (SSSR count). The molecule has 1 unspecified atom stereocenters. The predicted molar refractivity (Wildman–Crippen MR) is 66.1 cm³/mol. The third-order valence-electron chi connectivity index (χ3n) is 2.40. The van der Waals surface area contributed by atoms with E-state index in [0.29, 0.717) is 18.1 Å². The molecule has 0 amide bonds. The summed E-state index contributed by atoms with van der Waals surface area (Å²) in [6, 6.07) is 0. The topological polar surface area (TPSA) is 79.1 Å². The van der Waals surface area contributed by atoms with Gasteiger partial charge in [-0.3, -0.25) is 4.99 Å². The number of aromatic nitrogens is 2. The molecule has 5 nitrogen and oxygen atoms in total. The van der Waals surface area contributed by atoms with Gasteiger partial charge in [-0.2, -0.15) is 4.39 Å². The number of hydrazine groups is 1. The van der Waals surface area contributed by atoms with Gasteiger partial charge < -0.3 is 10.4 Å². The SMILES string of the molecule is CC(=NC/C(F)=C\CC(C)c1ncc(F)[nH]1)NN. The Balaban J connectivity index is 2.48. The van der Waals surface area contributed by atoms with Gasteiger partial charge in [0.1, 0.15) is 17.5 Å². The van der Waals surface area contributed by atoms with Crippen LogP contribution in [0.5, 0.6) is 0 Å². The van der Waals surface area contributed by atoms with E-state index in [0.717, 1.165) is 6.20 Å². The van der Waals surface area contributed by atoms with Crippen LogP contribution < -0.4 is 11.3 Å². The first-order valence-corrected chi connectivity index (χ1v) is 5.55. The number of hydrogen-bond donors (Lipinski definition) is 3. The van der Waals surface area contributed by atoms with Gasteiger partial charge in [0, 0.05) is 5.92 Å². The summed E-state index contributed by atoms with van der Waals surface area (Å²) >= 11 is 0. The van der Waals surface area contributed by atoms with E-state index in [1.54, 1.807) is 6.92 Å². The Bertz CT molecular complexity index is 438. The van der Waals surface area contributed by atoms with Crippen molar-refractivity contribution < 1.29 is 8.78 Å². The standard InChI is InChI=1S/C11H17F2N5/c1-7(11-16-6-10(13)17-11)3-4-9(12)5-15-8(2)18-14/h4,6-7H,3,5,14H2,1-2H3,(H,15,18)(H,16,17)/b9-4+. The van der Waals surface area contributed by atoms with Gasteiger partial charge >= 0.3 is 0 Å². The summed E-state index contributed by atoms with van der Waals surface area (Å²) in [7, 11) is 0. The van der Waals surface area contributed by atoms with Crippen molar-refractivity contribution >= 4 is 5.84 Å². The fourth-order valence-electron chi connectivity index (χ4n) is 1.28. The zero-order valence-corrected chi connectivity index (χ0v) is 10.4. The van der Waals surface area contributed by atoms with Crippen molar-refractivity contribution in [3.05, 3.63) is 29.9 Å². The number of nitrogens with two attached hydrogens (primary N) is 1. The summed E-state index contributed by atoms with van der Waals surface area (Å²) < 4.78 is 26.1. The van der Waals surface area contributed by atoms with E-state index in [9.17, 15) is 8.78 Å². The molecular formula is C11H17F2N5. The van der Waals surface area contributed by atoms with Crippen LogP contribution in [0.25, 0.3) is 0 Å². The van der Waals surface area contributed by atoms with Crippen LogP contribution in [0.15, 0.2) is 23.1 Å². The highest BCUT2D eigenvalue weighted by Crippen LogP contribution is 2.17. The van der Waals surface area contributed by atoms with Crippen LogP contribution in [0.2, 0.25) is 0 Å². The summed E-state index contributed by atoms with van der Waals surface area (Å²) in [6.07, 6.45) is 2.94. The van der Waals surface area contributed by atoms with Gasteiger partial charge in [-0.25, -0.2) is 15.2 Å². The minimum atomic E-state index is -0.490. The number of aromatic amines is 1. The number of hydrogen-bond acceptors (Lipinski definition) is 3. The van der Waals surface area contributed by atoms with Gasteiger partial charge in [-0.1, -0.05) is 13.0 Å². The Labute approximate surface area is 104 Å². The Kier molecular flexibility index (Phi) is 5.44. The largest absolute Gasteiger partial charge is 0.319 e. The molecule has 1 aromatic heterocycles. The van der Waals surface area contributed by atoms with Gasteiger partial charge in [0.2, 0.25) is 5.95 Å². The molecule has 0 radical (unpaired) electrons. The van der Waals surface area contributed by atoms with Crippen molar-refractivity contribution in [3.63, 3.8) is 0 Å². The first-order chi connectivity index (χ1) is 8.52. The molecule has 1 atom stereocenters. The molecule has 18 heavy (non-hydrogen) atoms. The number of H-pyrrole nitrogens is 1. The van der Waals surface area contributed by atoms with Gasteiger partial charge in [-0.05, 0) is 13.3 Å². The van der Waals surface area contributed by atoms with Gasteiger partial charge in [0.25, 0.3) is 0 Å². The van der Waals surface area contributed by atoms with Gasteiger partial charge in [-0.15, -0.1) is 0 Å². The lowest BCUT2D eigenvalue weighted by Gasteiger charge is -2.04. The second-order valence-electron chi connectivity index (χ2n) is 3.95. The second kappa shape index (κ2) is 6.85. The molecule has 0 fully saturated rings. The molecular weight excluding hydrogens is 240 g/mol. The molecule has 4 N–H and O–H groups in total. The highest BCUT2D eigenvalue weighted by atomic mass is 19.1. The third-order valence-corrected chi connectivity index (χ3v) is 2.40. The monoisotopic (exact) mass is 257 g/mol. The van der Waals surface area contributed by atoms with E-state index < -0.39 is 5.95 Å². The highest BCUT2D eigenvalue weighted by Gasteiger charge is 2.08. The van der Waals surface area contributed by atoms with Crippen molar-refractivity contribution in [2.45, 2.75) is 26.2 Å². The van der Waals surface area contributed by atoms with Gasteiger partial charge in [0.05, 0.1) is 12.7 Å². The molecule has 0 saturated heterocycles. The molecule has 1 heterocycles. The first kappa shape index (κ1) is 14.3. The van der Waals surface area contributed by atoms with Crippen LogP contribution in [0, 0.1) is 5.95 Å². The minimum Gasteiger partial charge on any atom is -0.319 e. The van der Waals surface area contributed by atoms with Crippen molar-refractivity contribution in [1.82, 2.24) is 15.4 Å². The molecule has 7 heteroatoms. The maximum Gasteiger partial charge on any atom is 0.210 e. The number of amidine groups is 1. The van der Waals surface area contributed by atoms with Crippen LogP contribution in [0.3, 0.4) is 0 Å². The van der Waals surface area contributed by atoms with Crippen LogP contribution in [-0.2, 0) is 0 Å². The summed E-state index contributed by atoms with van der Waals surface area (Å²) in [6.45, 7) is 3.41. The zero-order valence-electron chi connectivity index (χ0n) is 10.4. The number of nitrogens with one attached hydrogen (secondary N) is 2. The lowest BCUT2D eigenvalue weighted by molar-refractivity contribution is 0.578. The molecule has 0 aliphatic rings.